The molecule has 2 aliphatic rings. The van der Waals surface area contributed by atoms with E-state index in [4.69, 9.17) is 4.74 Å². The van der Waals surface area contributed by atoms with E-state index in [-0.39, 0.29) is 29.3 Å². The van der Waals surface area contributed by atoms with E-state index in [0.717, 1.165) is 36.3 Å². The topological polar surface area (TPSA) is 49.9 Å². The van der Waals surface area contributed by atoms with Crippen molar-refractivity contribution in [2.45, 2.75) is 37.9 Å². The van der Waals surface area contributed by atoms with Gasteiger partial charge in [0.15, 0.2) is 0 Å². The lowest BCUT2D eigenvalue weighted by Crippen LogP contribution is -2.57. The molecule has 0 aliphatic carbocycles. The highest BCUT2D eigenvalue weighted by molar-refractivity contribution is 5.94. The first-order valence-corrected chi connectivity index (χ1v) is 11.1. The van der Waals surface area contributed by atoms with Crippen molar-refractivity contribution in [2.24, 2.45) is 5.92 Å². The SMILES string of the molecule is COc1ccc(CCN2C(=O)CC[C@@H]3CN(C(=O)c4ccc(C(F)(F)F)cc4)CC[C@@H]32)cc1. The summed E-state index contributed by atoms with van der Waals surface area (Å²) in [6.45, 7) is 1.61. The first-order chi connectivity index (χ1) is 15.8. The van der Waals surface area contributed by atoms with Crippen LogP contribution in [0.3, 0.4) is 0 Å². The second kappa shape index (κ2) is 9.45. The minimum Gasteiger partial charge on any atom is -0.497 e. The molecule has 2 amide bonds. The van der Waals surface area contributed by atoms with Gasteiger partial charge in [0.05, 0.1) is 12.7 Å². The van der Waals surface area contributed by atoms with Gasteiger partial charge in [0.25, 0.3) is 5.91 Å². The Morgan fingerprint density at radius 2 is 1.76 bits per heavy atom. The van der Waals surface area contributed by atoms with E-state index in [1.54, 1.807) is 12.0 Å². The number of benzene rings is 2. The fourth-order valence-corrected chi connectivity index (χ4v) is 4.85. The smallest absolute Gasteiger partial charge is 0.416 e. The summed E-state index contributed by atoms with van der Waals surface area (Å²) < 4.78 is 43.6. The molecular formula is C25H27F3N2O3. The maximum atomic E-state index is 12.9. The number of methoxy groups -OCH3 is 1. The molecule has 0 bridgehead atoms. The number of carbonyl (C=O) groups is 2. The maximum Gasteiger partial charge on any atom is 0.416 e. The second-order valence-electron chi connectivity index (χ2n) is 8.67. The van der Waals surface area contributed by atoms with Gasteiger partial charge in [0.2, 0.25) is 5.91 Å². The predicted octanol–water partition coefficient (Wildman–Crippen LogP) is 4.41. The first kappa shape index (κ1) is 23.1. The number of hydrogen-bond donors (Lipinski definition) is 0. The lowest BCUT2D eigenvalue weighted by molar-refractivity contribution is -0.140. The highest BCUT2D eigenvalue weighted by atomic mass is 19.4. The quantitative estimate of drug-likeness (QED) is 0.664. The molecule has 4 rings (SSSR count). The Morgan fingerprint density at radius 1 is 1.06 bits per heavy atom. The number of likely N-dealkylation sites (tertiary alicyclic amines) is 2. The zero-order valence-corrected chi connectivity index (χ0v) is 18.5. The van der Waals surface area contributed by atoms with Gasteiger partial charge in [-0.15, -0.1) is 0 Å². The van der Waals surface area contributed by atoms with Crippen LogP contribution < -0.4 is 4.74 Å². The highest BCUT2D eigenvalue weighted by Crippen LogP contribution is 2.33. The lowest BCUT2D eigenvalue weighted by Gasteiger charge is -2.47. The average molecular weight is 460 g/mol. The van der Waals surface area contributed by atoms with Gasteiger partial charge in [0, 0.05) is 37.7 Å². The minimum absolute atomic E-state index is 0.0844. The van der Waals surface area contributed by atoms with E-state index < -0.39 is 11.7 Å². The van der Waals surface area contributed by atoms with Crippen LogP contribution in [-0.4, -0.2) is 54.4 Å². The Balaban J connectivity index is 1.38. The number of fused-ring (bicyclic) bond motifs is 1. The molecule has 0 unspecified atom stereocenters. The highest BCUT2D eigenvalue weighted by Gasteiger charge is 2.40. The molecule has 176 valence electrons. The fraction of sp³-hybridized carbons (Fsp3) is 0.440. The van der Waals surface area contributed by atoms with E-state index in [9.17, 15) is 22.8 Å². The molecule has 2 heterocycles. The molecule has 2 atom stereocenters. The van der Waals surface area contributed by atoms with Crippen LogP contribution in [-0.2, 0) is 17.4 Å². The summed E-state index contributed by atoms with van der Waals surface area (Å²) >= 11 is 0. The van der Waals surface area contributed by atoms with E-state index in [0.29, 0.717) is 32.5 Å². The summed E-state index contributed by atoms with van der Waals surface area (Å²) in [5.41, 5.74) is 0.612. The van der Waals surface area contributed by atoms with Gasteiger partial charge in [0.1, 0.15) is 5.75 Å². The van der Waals surface area contributed by atoms with Gasteiger partial charge in [-0.3, -0.25) is 9.59 Å². The van der Waals surface area contributed by atoms with Crippen molar-refractivity contribution >= 4 is 11.8 Å². The molecule has 2 fully saturated rings. The van der Waals surface area contributed by atoms with E-state index in [1.165, 1.54) is 12.1 Å². The number of hydrogen-bond acceptors (Lipinski definition) is 3. The fourth-order valence-electron chi connectivity index (χ4n) is 4.85. The van der Waals surface area contributed by atoms with Crippen LogP contribution in [0.25, 0.3) is 0 Å². The molecule has 2 aromatic carbocycles. The molecule has 0 aromatic heterocycles. The summed E-state index contributed by atoms with van der Waals surface area (Å²) in [6, 6.07) is 12.3. The van der Waals surface area contributed by atoms with E-state index >= 15 is 0 Å². The molecule has 5 nitrogen and oxygen atoms in total. The van der Waals surface area contributed by atoms with Crippen LogP contribution in [0.5, 0.6) is 5.75 Å². The van der Waals surface area contributed by atoms with Crippen molar-refractivity contribution in [3.05, 3.63) is 65.2 Å². The largest absolute Gasteiger partial charge is 0.497 e. The molecule has 0 spiro atoms. The van der Waals surface area contributed by atoms with Crippen LogP contribution in [0.4, 0.5) is 13.2 Å². The van der Waals surface area contributed by atoms with Gasteiger partial charge in [-0.2, -0.15) is 13.2 Å². The van der Waals surface area contributed by atoms with Gasteiger partial charge < -0.3 is 14.5 Å². The molecule has 0 saturated carbocycles. The summed E-state index contributed by atoms with van der Waals surface area (Å²) in [7, 11) is 1.62. The molecule has 8 heteroatoms. The summed E-state index contributed by atoms with van der Waals surface area (Å²) in [4.78, 5) is 29.2. The summed E-state index contributed by atoms with van der Waals surface area (Å²) in [5, 5.41) is 0. The number of piperidine rings is 2. The second-order valence-corrected chi connectivity index (χ2v) is 8.67. The third-order valence-corrected chi connectivity index (χ3v) is 6.69. The molecule has 2 aromatic rings. The maximum absolute atomic E-state index is 12.9. The van der Waals surface area contributed by atoms with Gasteiger partial charge in [-0.05, 0) is 67.1 Å². The van der Waals surface area contributed by atoms with Crippen LogP contribution in [0.1, 0.15) is 40.7 Å². The monoisotopic (exact) mass is 460 g/mol. The Bertz CT molecular complexity index is 989. The Hall–Kier alpha value is -3.03. The normalized spacial score (nSPS) is 21.0. The number of halogens is 3. The van der Waals surface area contributed by atoms with E-state index in [2.05, 4.69) is 0 Å². The van der Waals surface area contributed by atoms with Crippen molar-refractivity contribution in [1.82, 2.24) is 9.80 Å². The lowest BCUT2D eigenvalue weighted by atomic mass is 9.83. The molecule has 0 N–H and O–H groups in total. The van der Waals surface area contributed by atoms with Gasteiger partial charge in [-0.1, -0.05) is 12.1 Å². The van der Waals surface area contributed by atoms with E-state index in [1.807, 2.05) is 29.2 Å². The molecule has 2 aliphatic heterocycles. The van der Waals surface area contributed by atoms with Crippen molar-refractivity contribution in [3.8, 4) is 5.75 Å². The van der Waals surface area contributed by atoms with Crippen molar-refractivity contribution in [2.75, 3.05) is 26.7 Å². The van der Waals surface area contributed by atoms with Crippen LogP contribution >= 0.6 is 0 Å². The average Bonchev–Trinajstić information content (AvgIpc) is 2.82. The Morgan fingerprint density at radius 3 is 2.39 bits per heavy atom. The first-order valence-electron chi connectivity index (χ1n) is 11.1. The predicted molar refractivity (Wildman–Crippen MR) is 117 cm³/mol. The van der Waals surface area contributed by atoms with Crippen molar-refractivity contribution in [3.63, 3.8) is 0 Å². The minimum atomic E-state index is -4.43. The zero-order valence-electron chi connectivity index (χ0n) is 18.5. The third-order valence-electron chi connectivity index (χ3n) is 6.69. The standard InChI is InChI=1S/C25H27F3N2O3/c1-33-21-9-2-17(3-10-21)12-15-30-22-13-14-29(16-19(22)6-11-23(30)31)24(32)18-4-7-20(8-5-18)25(26,27)28/h2-5,7-10,19,22H,6,11-16H2,1H3/t19-,22+/m1/s1. The number of carbonyl (C=O) groups excluding carboxylic acids is 2. The number of rotatable bonds is 5. The van der Waals surface area contributed by atoms with Crippen LogP contribution in [0.2, 0.25) is 0 Å². The number of amides is 2. The Kier molecular flexibility index (Phi) is 6.63. The molecular weight excluding hydrogens is 433 g/mol. The molecule has 33 heavy (non-hydrogen) atoms. The van der Waals surface area contributed by atoms with Crippen molar-refractivity contribution < 1.29 is 27.5 Å². The Labute approximate surface area is 191 Å². The molecule has 0 radical (unpaired) electrons. The van der Waals surface area contributed by atoms with Crippen LogP contribution in [0.15, 0.2) is 48.5 Å². The number of ether oxygens (including phenoxy) is 1. The van der Waals surface area contributed by atoms with Gasteiger partial charge >= 0.3 is 6.18 Å². The van der Waals surface area contributed by atoms with Crippen molar-refractivity contribution in [1.29, 1.82) is 0 Å². The number of alkyl halides is 3. The zero-order chi connectivity index (χ0) is 23.6. The summed E-state index contributed by atoms with van der Waals surface area (Å²) in [6.07, 6.45) is -1.84. The molecule has 2 saturated heterocycles. The number of nitrogens with zero attached hydrogens (tertiary/aromatic N) is 2. The van der Waals surface area contributed by atoms with Crippen LogP contribution in [0, 0.1) is 5.92 Å². The summed E-state index contributed by atoms with van der Waals surface area (Å²) in [5.74, 6) is 0.847. The third kappa shape index (κ3) is 5.15. The van der Waals surface area contributed by atoms with Gasteiger partial charge in [-0.25, -0.2) is 0 Å².